The number of hydrogen-bond donors (Lipinski definition) is 2. The summed E-state index contributed by atoms with van der Waals surface area (Å²) in [5, 5.41) is 17.8. The highest BCUT2D eigenvalue weighted by atomic mass is 16.6. The van der Waals surface area contributed by atoms with Crippen molar-refractivity contribution in [2.75, 3.05) is 11.9 Å². The van der Waals surface area contributed by atoms with Crippen LogP contribution in [0.4, 0.5) is 11.4 Å². The summed E-state index contributed by atoms with van der Waals surface area (Å²) in [5.74, 6) is 0.239. The number of nitrogens with zero attached hydrogens (tertiary/aromatic N) is 1. The van der Waals surface area contributed by atoms with Crippen molar-refractivity contribution in [2.45, 2.75) is 25.3 Å². The second-order valence-electron chi connectivity index (χ2n) is 6.95. The zero-order valence-electron chi connectivity index (χ0n) is 15.0. The molecule has 1 amide bonds. The van der Waals surface area contributed by atoms with E-state index in [1.54, 1.807) is 18.2 Å². The molecule has 1 heterocycles. The summed E-state index contributed by atoms with van der Waals surface area (Å²) in [6, 6.07) is 12.4. The minimum Gasteiger partial charge on any atom is -0.377 e. The number of rotatable bonds is 4. The Hall–Kier alpha value is -3.15. The Kier molecular flexibility index (Phi) is 4.39. The second-order valence-corrected chi connectivity index (χ2v) is 6.95. The van der Waals surface area contributed by atoms with Gasteiger partial charge in [-0.2, -0.15) is 0 Å². The van der Waals surface area contributed by atoms with E-state index < -0.39 is 0 Å². The highest BCUT2D eigenvalue weighted by Crippen LogP contribution is 2.51. The van der Waals surface area contributed by atoms with Gasteiger partial charge in [-0.3, -0.25) is 14.9 Å². The molecule has 3 atom stereocenters. The molecule has 6 nitrogen and oxygen atoms in total. The number of hydrogen-bond acceptors (Lipinski definition) is 4. The number of fused-ring (bicyclic) bond motifs is 3. The Bertz CT molecular complexity index is 938. The zero-order valence-corrected chi connectivity index (χ0v) is 15.0. The molecule has 0 fully saturated rings. The van der Waals surface area contributed by atoms with Gasteiger partial charge in [0.1, 0.15) is 0 Å². The minimum atomic E-state index is -0.317. The SMILES string of the molecule is CCNC(=O)c1ccc2c(c1)C1C=CCC1C(c1ccccc1[N+](=O)[O-])N2. The third-order valence-corrected chi connectivity index (χ3v) is 5.43. The van der Waals surface area contributed by atoms with Gasteiger partial charge in [-0.1, -0.05) is 30.4 Å². The number of nitro groups is 1. The molecule has 1 aliphatic heterocycles. The van der Waals surface area contributed by atoms with Crippen LogP contribution in [0.1, 0.15) is 46.8 Å². The molecule has 0 spiro atoms. The number of carbonyl (C=O) groups excluding carboxylic acids is 1. The summed E-state index contributed by atoms with van der Waals surface area (Å²) in [6.45, 7) is 2.48. The average molecular weight is 363 g/mol. The van der Waals surface area contributed by atoms with Crippen LogP contribution in [0.5, 0.6) is 0 Å². The van der Waals surface area contributed by atoms with Gasteiger partial charge >= 0.3 is 0 Å². The van der Waals surface area contributed by atoms with Crippen LogP contribution in [0.15, 0.2) is 54.6 Å². The van der Waals surface area contributed by atoms with Crippen LogP contribution in [0.3, 0.4) is 0 Å². The van der Waals surface area contributed by atoms with Gasteiger partial charge in [0.15, 0.2) is 0 Å². The molecule has 0 saturated heterocycles. The van der Waals surface area contributed by atoms with Crippen molar-refractivity contribution in [1.29, 1.82) is 0 Å². The third kappa shape index (κ3) is 2.97. The Balaban J connectivity index is 1.75. The van der Waals surface area contributed by atoms with E-state index in [0.717, 1.165) is 17.7 Å². The lowest BCUT2D eigenvalue weighted by molar-refractivity contribution is -0.385. The average Bonchev–Trinajstić information content (AvgIpc) is 3.17. The van der Waals surface area contributed by atoms with Crippen LogP contribution in [0.2, 0.25) is 0 Å². The number of carbonyl (C=O) groups is 1. The summed E-state index contributed by atoms with van der Waals surface area (Å²) in [6.07, 6.45) is 5.14. The maximum Gasteiger partial charge on any atom is 0.274 e. The number of nitrogens with one attached hydrogen (secondary N) is 2. The first-order valence-corrected chi connectivity index (χ1v) is 9.18. The third-order valence-electron chi connectivity index (χ3n) is 5.43. The maximum atomic E-state index is 12.2. The van der Waals surface area contributed by atoms with E-state index >= 15 is 0 Å². The number of para-hydroxylation sites is 1. The first-order valence-electron chi connectivity index (χ1n) is 9.18. The highest BCUT2D eigenvalue weighted by Gasteiger charge is 2.40. The van der Waals surface area contributed by atoms with Gasteiger partial charge < -0.3 is 10.6 Å². The number of benzene rings is 2. The molecule has 0 bridgehead atoms. The summed E-state index contributed by atoms with van der Waals surface area (Å²) in [4.78, 5) is 23.4. The zero-order chi connectivity index (χ0) is 19.0. The second kappa shape index (κ2) is 6.87. The lowest BCUT2D eigenvalue weighted by atomic mass is 9.76. The fourth-order valence-electron chi connectivity index (χ4n) is 4.22. The molecule has 2 aliphatic rings. The van der Waals surface area contributed by atoms with Crippen molar-refractivity contribution >= 4 is 17.3 Å². The predicted molar refractivity (Wildman–Crippen MR) is 104 cm³/mol. The van der Waals surface area contributed by atoms with Gasteiger partial charge in [-0.05, 0) is 43.0 Å². The van der Waals surface area contributed by atoms with Crippen molar-refractivity contribution in [2.24, 2.45) is 5.92 Å². The maximum absolute atomic E-state index is 12.2. The van der Waals surface area contributed by atoms with Gasteiger partial charge in [0, 0.05) is 29.8 Å². The van der Waals surface area contributed by atoms with Crippen LogP contribution in [0.25, 0.3) is 0 Å². The van der Waals surface area contributed by atoms with Crippen LogP contribution in [0, 0.1) is 16.0 Å². The van der Waals surface area contributed by atoms with Gasteiger partial charge in [0.05, 0.1) is 16.5 Å². The van der Waals surface area contributed by atoms with E-state index in [1.807, 2.05) is 31.2 Å². The molecule has 6 heteroatoms. The summed E-state index contributed by atoms with van der Waals surface area (Å²) < 4.78 is 0. The predicted octanol–water partition coefficient (Wildman–Crippen LogP) is 4.17. The Labute approximate surface area is 157 Å². The Morgan fingerprint density at radius 2 is 2.07 bits per heavy atom. The molecule has 138 valence electrons. The fourth-order valence-corrected chi connectivity index (χ4v) is 4.22. The van der Waals surface area contributed by atoms with Crippen molar-refractivity contribution in [3.05, 3.63) is 81.4 Å². The first kappa shape index (κ1) is 17.3. The Morgan fingerprint density at radius 3 is 2.85 bits per heavy atom. The number of amides is 1. The molecule has 0 radical (unpaired) electrons. The van der Waals surface area contributed by atoms with Gasteiger partial charge in [-0.15, -0.1) is 0 Å². The molecule has 0 saturated carbocycles. The van der Waals surface area contributed by atoms with E-state index in [4.69, 9.17) is 0 Å². The van der Waals surface area contributed by atoms with E-state index in [1.165, 1.54) is 0 Å². The molecule has 3 unspecified atom stereocenters. The summed E-state index contributed by atoms with van der Waals surface area (Å²) in [7, 11) is 0. The number of nitro benzene ring substituents is 1. The van der Waals surface area contributed by atoms with Crippen LogP contribution in [-0.2, 0) is 0 Å². The molecule has 2 aromatic rings. The van der Waals surface area contributed by atoms with Gasteiger partial charge in [0.2, 0.25) is 0 Å². The van der Waals surface area contributed by atoms with Crippen LogP contribution in [-0.4, -0.2) is 17.4 Å². The lowest BCUT2D eigenvalue weighted by Gasteiger charge is -2.37. The fraction of sp³-hybridized carbons (Fsp3) is 0.286. The van der Waals surface area contributed by atoms with E-state index in [-0.39, 0.29) is 34.4 Å². The van der Waals surface area contributed by atoms with Gasteiger partial charge in [0.25, 0.3) is 11.6 Å². The molecular weight excluding hydrogens is 342 g/mol. The molecular formula is C21H21N3O3. The number of anilines is 1. The van der Waals surface area contributed by atoms with Crippen LogP contribution < -0.4 is 10.6 Å². The van der Waals surface area contributed by atoms with Crippen LogP contribution >= 0.6 is 0 Å². The van der Waals surface area contributed by atoms with Crippen molar-refractivity contribution in [1.82, 2.24) is 5.32 Å². The summed E-state index contributed by atoms with van der Waals surface area (Å²) >= 11 is 0. The molecule has 1 aliphatic carbocycles. The smallest absolute Gasteiger partial charge is 0.274 e. The number of allylic oxidation sites excluding steroid dienone is 2. The van der Waals surface area contributed by atoms with E-state index in [0.29, 0.717) is 17.7 Å². The summed E-state index contributed by atoms with van der Waals surface area (Å²) in [5.41, 5.74) is 3.50. The highest BCUT2D eigenvalue weighted by molar-refractivity contribution is 5.95. The largest absolute Gasteiger partial charge is 0.377 e. The monoisotopic (exact) mass is 363 g/mol. The van der Waals surface area contributed by atoms with Crippen molar-refractivity contribution in [3.63, 3.8) is 0 Å². The molecule has 2 aromatic carbocycles. The van der Waals surface area contributed by atoms with Crippen molar-refractivity contribution < 1.29 is 9.72 Å². The first-order chi connectivity index (χ1) is 13.1. The van der Waals surface area contributed by atoms with Crippen molar-refractivity contribution in [3.8, 4) is 0 Å². The standard InChI is InChI=1S/C21H21N3O3/c1-2-22-21(25)13-10-11-18-17(12-13)14-7-5-8-15(14)20(23-18)16-6-3-4-9-19(16)24(26)27/h3-7,9-12,14-15,20,23H,2,8H2,1H3,(H,22,25). The van der Waals surface area contributed by atoms with Gasteiger partial charge in [-0.25, -0.2) is 0 Å². The molecule has 0 aromatic heterocycles. The lowest BCUT2D eigenvalue weighted by Crippen LogP contribution is -2.30. The van der Waals surface area contributed by atoms with E-state index in [9.17, 15) is 14.9 Å². The van der Waals surface area contributed by atoms with E-state index in [2.05, 4.69) is 22.8 Å². The normalized spacial score (nSPS) is 22.5. The molecule has 4 rings (SSSR count). The minimum absolute atomic E-state index is 0.0837. The topological polar surface area (TPSA) is 84.3 Å². The molecule has 27 heavy (non-hydrogen) atoms. The quantitative estimate of drug-likeness (QED) is 0.485. The molecule has 2 N–H and O–H groups in total. The Morgan fingerprint density at radius 1 is 1.26 bits per heavy atom.